The fourth-order valence-electron chi connectivity index (χ4n) is 16.7. The fraction of sp³-hybridized carbons (Fsp3) is 0. The van der Waals surface area contributed by atoms with Crippen molar-refractivity contribution in [2.75, 3.05) is 9.80 Å². The second kappa shape index (κ2) is 28.5. The van der Waals surface area contributed by atoms with Crippen LogP contribution in [0.5, 0.6) is 0 Å². The van der Waals surface area contributed by atoms with E-state index in [-0.39, 0.29) is 0 Å². The molecule has 0 bridgehead atoms. The molecule has 0 fully saturated rings. The summed E-state index contributed by atoms with van der Waals surface area (Å²) < 4.78 is 4.69. The highest BCUT2D eigenvalue weighted by atomic mass is 15.2. The molecule has 0 radical (unpaired) electrons. The summed E-state index contributed by atoms with van der Waals surface area (Å²) in [7, 11) is 0. The van der Waals surface area contributed by atoms with Gasteiger partial charge in [0.25, 0.3) is 0 Å². The molecule has 20 rings (SSSR count). The average molecular weight is 1430 g/mol. The van der Waals surface area contributed by atoms with Gasteiger partial charge < -0.3 is 18.9 Å². The lowest BCUT2D eigenvalue weighted by molar-refractivity contribution is 1.18. The first-order valence-electron chi connectivity index (χ1n) is 37.3. The zero-order chi connectivity index (χ0) is 75.2. The smallest absolute Gasteiger partial charge is 0.0991 e. The van der Waals surface area contributed by atoms with Gasteiger partial charge in [-0.1, -0.05) is 224 Å². The third-order valence-electron chi connectivity index (χ3n) is 21.6. The Morgan fingerprint density at radius 3 is 0.911 bits per heavy atom. The Morgan fingerprint density at radius 1 is 0.196 bits per heavy atom. The Bertz CT molecular complexity index is 7170. The van der Waals surface area contributed by atoms with Crippen LogP contribution in [0.4, 0.5) is 34.1 Å². The monoisotopic (exact) mass is 1420 g/mol. The maximum absolute atomic E-state index is 9.74. The lowest BCUT2D eigenvalue weighted by atomic mass is 9.84. The van der Waals surface area contributed by atoms with Crippen molar-refractivity contribution in [2.24, 2.45) is 0 Å². The first kappa shape index (κ1) is 66.8. The lowest BCUT2D eigenvalue weighted by Crippen LogP contribution is -2.11. The van der Waals surface area contributed by atoms with Crippen LogP contribution >= 0.6 is 0 Å². The van der Waals surface area contributed by atoms with E-state index in [9.17, 15) is 21.0 Å². The molecule has 0 unspecified atom stereocenters. The van der Waals surface area contributed by atoms with Crippen LogP contribution in [-0.4, -0.2) is 9.13 Å². The van der Waals surface area contributed by atoms with E-state index in [4.69, 9.17) is 0 Å². The average Bonchev–Trinajstić information content (AvgIpc) is 1.11. The number of nitrogens with zero attached hydrogens (tertiary/aromatic N) is 8. The molecule has 8 nitrogen and oxygen atoms in total. The first-order valence-corrected chi connectivity index (χ1v) is 37.3. The Balaban J connectivity index is 0.000000151. The number of para-hydroxylation sites is 6. The Hall–Kier alpha value is -15.8. The zero-order valence-electron chi connectivity index (χ0n) is 60.5. The quantitative estimate of drug-likeness (QED) is 0.113. The highest BCUT2D eigenvalue weighted by molar-refractivity contribution is 6.26. The predicted molar refractivity (Wildman–Crippen MR) is 462 cm³/mol. The fourth-order valence-corrected chi connectivity index (χ4v) is 16.7. The van der Waals surface area contributed by atoms with Gasteiger partial charge in [-0.2, -0.15) is 21.0 Å². The molecule has 112 heavy (non-hydrogen) atoms. The van der Waals surface area contributed by atoms with Gasteiger partial charge in [-0.05, 0) is 246 Å². The minimum atomic E-state index is 0.616. The molecule has 18 aromatic carbocycles. The first-order chi connectivity index (χ1) is 55.4. The highest BCUT2D eigenvalue weighted by Crippen LogP contribution is 2.52. The third kappa shape index (κ3) is 11.6. The van der Waals surface area contributed by atoms with E-state index in [2.05, 4.69) is 371 Å². The molecular formula is C104H64N8. The highest BCUT2D eigenvalue weighted by Gasteiger charge is 2.27. The normalized spacial score (nSPS) is 11.2. The number of anilines is 6. The topological polar surface area (TPSA) is 111 Å². The van der Waals surface area contributed by atoms with E-state index in [1.54, 1.807) is 0 Å². The summed E-state index contributed by atoms with van der Waals surface area (Å²) in [6.07, 6.45) is 0. The summed E-state index contributed by atoms with van der Waals surface area (Å²) >= 11 is 0. The van der Waals surface area contributed by atoms with Crippen LogP contribution in [-0.2, 0) is 0 Å². The number of fused-ring (bicyclic) bond motifs is 10. The molecule has 0 saturated carbocycles. The standard InChI is InChI=1S/2C52H32N4/c53-33-35-22-26-37(27-23-35)50-43-17-7-8-18-44(43)51(38-28-24-36(34-54)25-29-38)52-45(50)19-11-21-49(52)55(39-12-3-1-4-13-39)41-30-31-48-46(32-41)42-16-9-10-20-47(42)56(48)40-14-5-2-6-15-40;53-33-35-19-23-37(24-20-35)51-44-16-7-8-17-45(44)52(38-25-21-36(34-54)22-26-38)48-32-41(27-29-46(48)51)55(39-11-3-1-4-12-39)42-28-30-50-47(31-42)43-15-9-10-18-49(43)56(50)40-13-5-2-6-14-40/h2*1-32H. The van der Waals surface area contributed by atoms with Crippen LogP contribution in [0.2, 0.25) is 0 Å². The number of aromatic nitrogens is 2. The van der Waals surface area contributed by atoms with Crippen LogP contribution in [0.1, 0.15) is 22.3 Å². The summed E-state index contributed by atoms with van der Waals surface area (Å²) in [4.78, 5) is 4.72. The van der Waals surface area contributed by atoms with Crippen molar-refractivity contribution in [3.8, 4) is 80.2 Å². The second-order valence-electron chi connectivity index (χ2n) is 27.9. The Kier molecular flexibility index (Phi) is 17.0. The van der Waals surface area contributed by atoms with Crippen LogP contribution in [0.3, 0.4) is 0 Å². The minimum Gasteiger partial charge on any atom is -0.310 e. The summed E-state index contributed by atoms with van der Waals surface area (Å²) in [6.45, 7) is 0. The summed E-state index contributed by atoms with van der Waals surface area (Å²) in [5.41, 5.74) is 24.1. The van der Waals surface area contributed by atoms with Crippen molar-refractivity contribution >= 4 is 121 Å². The Morgan fingerprint density at radius 2 is 0.491 bits per heavy atom. The molecule has 20 aromatic rings. The molecule has 0 spiro atoms. The maximum Gasteiger partial charge on any atom is 0.0991 e. The SMILES string of the molecule is N#Cc1ccc(-c2c3ccccc3c(-c3ccc(C#N)cc3)c3c(N(c4ccccc4)c4ccc5c(c4)c4ccccc4n5-c4ccccc4)cccc23)cc1.N#Cc1ccc(-c2c3ccccc3c(-c3ccc(C#N)cc3)c3cc(N(c4ccccc4)c4ccc5c(c4)c4ccccc4n5-c4ccccc4)ccc23)cc1. The van der Waals surface area contributed by atoms with Gasteiger partial charge in [-0.3, -0.25) is 0 Å². The lowest BCUT2D eigenvalue weighted by Gasteiger charge is -2.29. The third-order valence-corrected chi connectivity index (χ3v) is 21.6. The Labute approximate surface area is 647 Å². The number of hydrogen-bond donors (Lipinski definition) is 0. The molecule has 0 saturated heterocycles. The van der Waals surface area contributed by atoms with Gasteiger partial charge in [0.15, 0.2) is 0 Å². The van der Waals surface area contributed by atoms with Gasteiger partial charge >= 0.3 is 0 Å². The molecule has 0 amide bonds. The van der Waals surface area contributed by atoms with Crippen LogP contribution in [0, 0.1) is 45.3 Å². The maximum atomic E-state index is 9.74. The van der Waals surface area contributed by atoms with Crippen LogP contribution in [0.15, 0.2) is 388 Å². The molecule has 0 N–H and O–H groups in total. The number of nitriles is 4. The largest absolute Gasteiger partial charge is 0.310 e. The van der Waals surface area contributed by atoms with Gasteiger partial charge in [0.2, 0.25) is 0 Å². The summed E-state index contributed by atoms with van der Waals surface area (Å²) in [5, 5.41) is 52.2. The van der Waals surface area contributed by atoms with Crippen molar-refractivity contribution in [3.05, 3.63) is 411 Å². The van der Waals surface area contributed by atoms with Crippen molar-refractivity contribution < 1.29 is 0 Å². The number of benzene rings is 18. The molecule has 8 heteroatoms. The summed E-state index contributed by atoms with van der Waals surface area (Å²) in [5.74, 6) is 0. The van der Waals surface area contributed by atoms with Crippen LogP contribution < -0.4 is 9.80 Å². The molecular weight excluding hydrogens is 1360 g/mol. The van der Waals surface area contributed by atoms with E-state index in [1.165, 1.54) is 21.5 Å². The predicted octanol–water partition coefficient (Wildman–Crippen LogP) is 27.3. The van der Waals surface area contributed by atoms with E-state index >= 15 is 0 Å². The zero-order valence-corrected chi connectivity index (χ0v) is 60.5. The number of hydrogen-bond acceptors (Lipinski definition) is 6. The van der Waals surface area contributed by atoms with Crippen molar-refractivity contribution in [1.82, 2.24) is 9.13 Å². The molecule has 2 heterocycles. The van der Waals surface area contributed by atoms with Crippen molar-refractivity contribution in [1.29, 1.82) is 21.0 Å². The van der Waals surface area contributed by atoms with E-state index in [0.717, 1.165) is 155 Å². The molecule has 0 atom stereocenters. The van der Waals surface area contributed by atoms with Crippen LogP contribution in [0.25, 0.3) is 143 Å². The van der Waals surface area contributed by atoms with Gasteiger partial charge in [0, 0.05) is 66.7 Å². The van der Waals surface area contributed by atoms with Crippen molar-refractivity contribution in [3.63, 3.8) is 0 Å². The molecule has 520 valence electrons. The van der Waals surface area contributed by atoms with Gasteiger partial charge in [-0.15, -0.1) is 0 Å². The number of rotatable bonds is 12. The molecule has 0 aliphatic carbocycles. The second-order valence-corrected chi connectivity index (χ2v) is 27.9. The molecule has 0 aliphatic heterocycles. The van der Waals surface area contributed by atoms with E-state index in [0.29, 0.717) is 22.3 Å². The summed E-state index contributed by atoms with van der Waals surface area (Å²) in [6, 6.07) is 144. The minimum absolute atomic E-state index is 0.616. The molecule has 2 aromatic heterocycles. The van der Waals surface area contributed by atoms with E-state index in [1.807, 2.05) is 60.7 Å². The van der Waals surface area contributed by atoms with E-state index < -0.39 is 0 Å². The van der Waals surface area contributed by atoms with Crippen molar-refractivity contribution in [2.45, 2.75) is 0 Å². The molecule has 0 aliphatic rings. The van der Waals surface area contributed by atoms with Gasteiger partial charge in [0.05, 0.1) is 74.3 Å². The van der Waals surface area contributed by atoms with Gasteiger partial charge in [0.1, 0.15) is 0 Å². The van der Waals surface area contributed by atoms with Gasteiger partial charge in [-0.25, -0.2) is 0 Å².